The summed E-state index contributed by atoms with van der Waals surface area (Å²) in [6.45, 7) is 3.66. The normalized spacial score (nSPS) is 13.9. The lowest BCUT2D eigenvalue weighted by Crippen LogP contribution is -2.14. The van der Waals surface area contributed by atoms with E-state index in [4.69, 9.17) is 14.5 Å². The molecule has 0 spiro atoms. The van der Waals surface area contributed by atoms with Crippen LogP contribution in [-0.2, 0) is 15.7 Å². The van der Waals surface area contributed by atoms with Gasteiger partial charge in [-0.15, -0.1) is 0 Å². The molecule has 0 saturated carbocycles. The van der Waals surface area contributed by atoms with Crippen molar-refractivity contribution in [2.75, 3.05) is 6.35 Å². The molecule has 2 aromatic heterocycles. The van der Waals surface area contributed by atoms with Crippen LogP contribution in [-0.4, -0.2) is 36.8 Å². The first-order valence-corrected chi connectivity index (χ1v) is 7.61. The molecule has 0 amide bonds. The number of rotatable bonds is 5. The van der Waals surface area contributed by atoms with Gasteiger partial charge in [-0.25, -0.2) is 9.50 Å². The second kappa shape index (κ2) is 5.38. The van der Waals surface area contributed by atoms with E-state index >= 15 is 0 Å². The quantitative estimate of drug-likeness (QED) is 0.799. The number of nitrogens with zero attached hydrogens (tertiary/aromatic N) is 3. The van der Waals surface area contributed by atoms with Gasteiger partial charge in [0.1, 0.15) is 12.7 Å². The highest BCUT2D eigenvalue weighted by molar-refractivity contribution is 7.51. The molecule has 1 atom stereocenters. The third-order valence-corrected chi connectivity index (χ3v) is 3.23. The van der Waals surface area contributed by atoms with E-state index in [2.05, 4.69) is 10.1 Å². The molecule has 1 unspecified atom stereocenters. The van der Waals surface area contributed by atoms with Crippen LogP contribution in [0.15, 0.2) is 18.5 Å². The minimum absolute atomic E-state index is 0.305. The number of hydrogen-bond acceptors (Lipinski definition) is 4. The molecule has 7 nitrogen and oxygen atoms in total. The predicted octanol–water partition coefficient (Wildman–Crippen LogP) is 1.12. The molecule has 8 heteroatoms. The first-order valence-electron chi connectivity index (χ1n) is 5.81. The highest BCUT2D eigenvalue weighted by Gasteiger charge is 2.16. The zero-order chi connectivity index (χ0) is 14.0. The molecular weight excluding hydrogens is 269 g/mol. The smallest absolute Gasteiger partial charge is 0.350 e. The number of ether oxygens (including phenoxy) is 1. The molecule has 0 fully saturated rings. The molecule has 0 aliphatic rings. The van der Waals surface area contributed by atoms with Gasteiger partial charge in [-0.2, -0.15) is 5.10 Å². The van der Waals surface area contributed by atoms with Gasteiger partial charge in [0, 0.05) is 12.1 Å². The van der Waals surface area contributed by atoms with Crippen LogP contribution in [0.3, 0.4) is 0 Å². The van der Waals surface area contributed by atoms with Gasteiger partial charge in [-0.3, -0.25) is 4.57 Å². The zero-order valence-electron chi connectivity index (χ0n) is 10.7. The van der Waals surface area contributed by atoms with Crippen molar-refractivity contribution in [3.8, 4) is 0 Å². The Morgan fingerprint density at radius 3 is 2.89 bits per heavy atom. The fourth-order valence-corrected chi connectivity index (χ4v) is 2.29. The second-order valence-corrected chi connectivity index (χ2v) is 6.03. The molecular formula is C11H16N3O4P. The molecule has 2 N–H and O–H groups in total. The minimum atomic E-state index is -4.12. The summed E-state index contributed by atoms with van der Waals surface area (Å²) in [7, 11) is -4.12. The van der Waals surface area contributed by atoms with Gasteiger partial charge >= 0.3 is 7.60 Å². The summed E-state index contributed by atoms with van der Waals surface area (Å²) in [5, 5.41) is 4.16. The fraction of sp³-hybridized carbons (Fsp3) is 0.455. The van der Waals surface area contributed by atoms with Crippen molar-refractivity contribution in [1.82, 2.24) is 14.6 Å². The molecule has 2 rings (SSSR count). The average Bonchev–Trinajstić information content (AvgIpc) is 2.71. The lowest BCUT2D eigenvalue weighted by atomic mass is 10.2. The highest BCUT2D eigenvalue weighted by Crippen LogP contribution is 2.34. The van der Waals surface area contributed by atoms with Crippen molar-refractivity contribution < 1.29 is 19.1 Å². The highest BCUT2D eigenvalue weighted by atomic mass is 31.2. The summed E-state index contributed by atoms with van der Waals surface area (Å²) in [6.07, 6.45) is 1.13. The Morgan fingerprint density at radius 1 is 1.47 bits per heavy atom. The molecule has 104 valence electrons. The second-order valence-electron chi connectivity index (χ2n) is 4.44. The first kappa shape index (κ1) is 14.1. The van der Waals surface area contributed by atoms with E-state index in [9.17, 15) is 4.57 Å². The fourth-order valence-electron chi connectivity index (χ4n) is 1.84. The zero-order valence-corrected chi connectivity index (χ0v) is 11.6. The maximum Gasteiger partial charge on any atom is 0.350 e. The van der Waals surface area contributed by atoms with Crippen molar-refractivity contribution in [2.24, 2.45) is 0 Å². The third kappa shape index (κ3) is 3.61. The van der Waals surface area contributed by atoms with Gasteiger partial charge in [0.05, 0.1) is 17.3 Å². The van der Waals surface area contributed by atoms with Crippen molar-refractivity contribution >= 4 is 13.1 Å². The SMILES string of the molecule is Cc1ncnn2c(CC(C)OCP(=O)(O)O)ccc12. The molecule has 2 heterocycles. The lowest BCUT2D eigenvalue weighted by molar-refractivity contribution is 0.0877. The Bertz CT molecular complexity index is 621. The van der Waals surface area contributed by atoms with E-state index in [0.29, 0.717) is 6.42 Å². The van der Waals surface area contributed by atoms with Crippen LogP contribution < -0.4 is 0 Å². The van der Waals surface area contributed by atoms with E-state index in [-0.39, 0.29) is 6.10 Å². The topological polar surface area (TPSA) is 97.0 Å². The summed E-state index contributed by atoms with van der Waals surface area (Å²) in [6, 6.07) is 3.83. The Hall–Kier alpha value is -1.27. The third-order valence-electron chi connectivity index (χ3n) is 2.75. The van der Waals surface area contributed by atoms with Crippen molar-refractivity contribution in [2.45, 2.75) is 26.4 Å². The molecule has 0 aromatic carbocycles. The summed E-state index contributed by atoms with van der Waals surface area (Å²) in [4.78, 5) is 21.6. The summed E-state index contributed by atoms with van der Waals surface area (Å²) in [5.74, 6) is 0. The Balaban J connectivity index is 2.09. The monoisotopic (exact) mass is 285 g/mol. The van der Waals surface area contributed by atoms with Gasteiger partial charge in [0.25, 0.3) is 0 Å². The van der Waals surface area contributed by atoms with Gasteiger partial charge in [0.15, 0.2) is 0 Å². The molecule has 2 aromatic rings. The van der Waals surface area contributed by atoms with Crippen LogP contribution in [0.25, 0.3) is 5.52 Å². The first-order chi connectivity index (χ1) is 8.87. The molecule has 0 radical (unpaired) electrons. The van der Waals surface area contributed by atoms with Crippen molar-refractivity contribution in [1.29, 1.82) is 0 Å². The van der Waals surface area contributed by atoms with E-state index < -0.39 is 13.9 Å². The minimum Gasteiger partial charge on any atom is -0.365 e. The van der Waals surface area contributed by atoms with Gasteiger partial charge in [-0.1, -0.05) is 0 Å². The van der Waals surface area contributed by atoms with E-state index in [1.807, 2.05) is 19.1 Å². The largest absolute Gasteiger partial charge is 0.365 e. The van der Waals surface area contributed by atoms with E-state index in [0.717, 1.165) is 16.9 Å². The summed E-state index contributed by atoms with van der Waals surface area (Å²) >= 11 is 0. The maximum absolute atomic E-state index is 10.7. The Labute approximate surface area is 110 Å². The summed E-state index contributed by atoms with van der Waals surface area (Å²) in [5.41, 5.74) is 2.71. The Morgan fingerprint density at radius 2 is 2.21 bits per heavy atom. The van der Waals surface area contributed by atoms with Crippen LogP contribution >= 0.6 is 7.60 Å². The summed E-state index contributed by atoms with van der Waals surface area (Å²) < 4.78 is 17.6. The maximum atomic E-state index is 10.7. The number of aromatic nitrogens is 3. The molecule has 0 bridgehead atoms. The average molecular weight is 285 g/mol. The van der Waals surface area contributed by atoms with Gasteiger partial charge < -0.3 is 14.5 Å². The van der Waals surface area contributed by atoms with Crippen LogP contribution in [0.4, 0.5) is 0 Å². The molecule has 0 aliphatic heterocycles. The molecule has 19 heavy (non-hydrogen) atoms. The molecule has 0 saturated heterocycles. The van der Waals surface area contributed by atoms with Crippen LogP contribution in [0.1, 0.15) is 18.3 Å². The number of aryl methyl sites for hydroxylation is 1. The predicted molar refractivity (Wildman–Crippen MR) is 68.9 cm³/mol. The van der Waals surface area contributed by atoms with Gasteiger partial charge in [0.2, 0.25) is 0 Å². The number of hydrogen-bond donors (Lipinski definition) is 2. The molecule has 0 aliphatic carbocycles. The number of fused-ring (bicyclic) bond motifs is 1. The van der Waals surface area contributed by atoms with Crippen LogP contribution in [0.5, 0.6) is 0 Å². The van der Waals surface area contributed by atoms with Crippen molar-refractivity contribution in [3.63, 3.8) is 0 Å². The Kier molecular flexibility index (Phi) is 4.01. The lowest BCUT2D eigenvalue weighted by Gasteiger charge is -2.13. The van der Waals surface area contributed by atoms with Crippen molar-refractivity contribution in [3.05, 3.63) is 29.8 Å². The van der Waals surface area contributed by atoms with Gasteiger partial charge in [-0.05, 0) is 26.0 Å². The van der Waals surface area contributed by atoms with Crippen LogP contribution in [0.2, 0.25) is 0 Å². The standard InChI is InChI=1S/C11H16N3O4P/c1-8(18-7-19(15,16)17)5-10-3-4-11-9(2)12-6-13-14(10)11/h3-4,6,8H,5,7H2,1-2H3,(H2,15,16,17). The van der Waals surface area contributed by atoms with E-state index in [1.54, 1.807) is 11.4 Å². The van der Waals surface area contributed by atoms with E-state index in [1.165, 1.54) is 6.33 Å². The van der Waals surface area contributed by atoms with Crippen LogP contribution in [0, 0.1) is 6.92 Å².